The summed E-state index contributed by atoms with van der Waals surface area (Å²) in [6.45, 7) is 10.9. The van der Waals surface area contributed by atoms with Crippen molar-refractivity contribution in [3.63, 3.8) is 0 Å². The van der Waals surface area contributed by atoms with Gasteiger partial charge >= 0.3 is 0 Å². The van der Waals surface area contributed by atoms with Gasteiger partial charge in [0.1, 0.15) is 0 Å². The number of rotatable bonds is 1. The quantitative estimate of drug-likeness (QED) is 0.738. The number of carbonyl (C=O) groups excluding carboxylic acids is 1. The molecule has 1 amide bonds. The maximum Gasteiger partial charge on any atom is 0.239 e. The van der Waals surface area contributed by atoms with Crippen LogP contribution in [0.2, 0.25) is 0 Å². The van der Waals surface area contributed by atoms with E-state index < -0.39 is 10.0 Å². The van der Waals surface area contributed by atoms with Crippen LogP contribution in [-0.4, -0.2) is 30.4 Å². The van der Waals surface area contributed by atoms with Gasteiger partial charge in [0, 0.05) is 11.3 Å². The standard InChI is InChI=1S/C18H29NO3S/c1-16(2,3)13-9-12(13)15(20)19-14-8-11-6-7-18(14,17(11,4)5)10-23(19,21)22/h11-14H,6-10H2,1-5H3/t11-,12-,13+,14-,18-/m1/s1. The maximum atomic E-state index is 13.1. The lowest BCUT2D eigenvalue weighted by Gasteiger charge is -2.37. The molecular formula is C18H29NO3S. The van der Waals surface area contributed by atoms with E-state index in [1.54, 1.807) is 0 Å². The molecule has 1 spiro atoms. The highest BCUT2D eigenvalue weighted by Crippen LogP contribution is 2.70. The molecule has 3 saturated carbocycles. The Balaban J connectivity index is 1.67. The first-order valence-corrected chi connectivity index (χ1v) is 10.6. The summed E-state index contributed by atoms with van der Waals surface area (Å²) in [5.74, 6) is 0.897. The highest BCUT2D eigenvalue weighted by atomic mass is 32.2. The SMILES string of the molecule is CC(C)(C)[C@H]1C[C@H]1C(=O)N1[C@@H]2C[C@H]3CC[C@]2(CS1(=O)=O)C3(C)C. The highest BCUT2D eigenvalue weighted by molar-refractivity contribution is 7.90. The van der Waals surface area contributed by atoms with Crippen molar-refractivity contribution in [3.05, 3.63) is 0 Å². The first kappa shape index (κ1) is 15.9. The minimum atomic E-state index is -3.45. The molecular weight excluding hydrogens is 310 g/mol. The van der Waals surface area contributed by atoms with Crippen LogP contribution in [0.3, 0.4) is 0 Å². The Labute approximate surface area is 140 Å². The summed E-state index contributed by atoms with van der Waals surface area (Å²) >= 11 is 0. The zero-order valence-corrected chi connectivity index (χ0v) is 15.7. The monoisotopic (exact) mass is 339 g/mol. The molecule has 0 aromatic carbocycles. The van der Waals surface area contributed by atoms with E-state index in [1.807, 2.05) is 0 Å². The Morgan fingerprint density at radius 3 is 2.35 bits per heavy atom. The number of hydrogen-bond donors (Lipinski definition) is 0. The number of fused-ring (bicyclic) bond motifs is 1. The topological polar surface area (TPSA) is 54.5 Å². The first-order valence-electron chi connectivity index (χ1n) is 8.98. The Hall–Kier alpha value is -0.580. The number of nitrogens with zero attached hydrogens (tertiary/aromatic N) is 1. The van der Waals surface area contributed by atoms with Crippen molar-refractivity contribution < 1.29 is 13.2 Å². The molecule has 2 bridgehead atoms. The van der Waals surface area contributed by atoms with Gasteiger partial charge in [0.25, 0.3) is 0 Å². The molecule has 0 unspecified atom stereocenters. The predicted octanol–water partition coefficient (Wildman–Crippen LogP) is 3.04. The molecule has 1 saturated heterocycles. The fourth-order valence-corrected chi connectivity index (χ4v) is 8.75. The second kappa shape index (κ2) is 4.14. The summed E-state index contributed by atoms with van der Waals surface area (Å²) in [6.07, 6.45) is 3.81. The van der Waals surface area contributed by atoms with E-state index in [0.29, 0.717) is 11.8 Å². The molecule has 0 N–H and O–H groups in total. The minimum Gasteiger partial charge on any atom is -0.273 e. The van der Waals surface area contributed by atoms with Crippen LogP contribution in [0.25, 0.3) is 0 Å². The Morgan fingerprint density at radius 1 is 1.17 bits per heavy atom. The third-order valence-corrected chi connectivity index (χ3v) is 9.76. The van der Waals surface area contributed by atoms with Gasteiger partial charge < -0.3 is 0 Å². The second-order valence-electron chi connectivity index (χ2n) is 10.1. The third-order valence-electron chi connectivity index (χ3n) is 7.85. The fourth-order valence-electron chi connectivity index (χ4n) is 6.17. The molecule has 0 aromatic rings. The van der Waals surface area contributed by atoms with E-state index in [4.69, 9.17) is 0 Å². The Morgan fingerprint density at radius 2 is 1.83 bits per heavy atom. The molecule has 1 aliphatic heterocycles. The van der Waals surface area contributed by atoms with Gasteiger partial charge in [0.05, 0.1) is 11.8 Å². The van der Waals surface area contributed by atoms with Crippen LogP contribution in [0.1, 0.15) is 60.3 Å². The summed E-state index contributed by atoms with van der Waals surface area (Å²) in [5, 5.41) is 0. The average Bonchev–Trinajstić information content (AvgIpc) is 3.07. The predicted molar refractivity (Wildman–Crippen MR) is 89.0 cm³/mol. The summed E-state index contributed by atoms with van der Waals surface area (Å²) in [4.78, 5) is 13.1. The molecule has 0 radical (unpaired) electrons. The minimum absolute atomic E-state index is 0.0345. The van der Waals surface area contributed by atoms with Crippen LogP contribution in [-0.2, 0) is 14.8 Å². The van der Waals surface area contributed by atoms with Crippen molar-refractivity contribution in [1.29, 1.82) is 0 Å². The van der Waals surface area contributed by atoms with Gasteiger partial charge in [-0.2, -0.15) is 0 Å². The largest absolute Gasteiger partial charge is 0.273 e. The number of amides is 1. The van der Waals surface area contributed by atoms with Crippen molar-refractivity contribution >= 4 is 15.9 Å². The normalized spacial score (nSPS) is 46.0. The lowest BCUT2D eigenvalue weighted by atomic mass is 9.69. The Kier molecular flexibility index (Phi) is 2.87. The van der Waals surface area contributed by atoms with Gasteiger partial charge in [-0.1, -0.05) is 34.6 Å². The van der Waals surface area contributed by atoms with Gasteiger partial charge in [-0.25, -0.2) is 12.7 Å². The van der Waals surface area contributed by atoms with Gasteiger partial charge in [-0.3, -0.25) is 4.79 Å². The zero-order chi connectivity index (χ0) is 17.0. The molecule has 4 aliphatic rings. The van der Waals surface area contributed by atoms with Gasteiger partial charge in [0.15, 0.2) is 0 Å². The zero-order valence-electron chi connectivity index (χ0n) is 14.9. The number of carbonyl (C=O) groups is 1. The van der Waals surface area contributed by atoms with E-state index in [2.05, 4.69) is 34.6 Å². The highest BCUT2D eigenvalue weighted by Gasteiger charge is 2.73. The molecule has 130 valence electrons. The smallest absolute Gasteiger partial charge is 0.239 e. The van der Waals surface area contributed by atoms with Crippen LogP contribution >= 0.6 is 0 Å². The van der Waals surface area contributed by atoms with Crippen molar-refractivity contribution in [2.75, 3.05) is 5.75 Å². The molecule has 0 aromatic heterocycles. The van der Waals surface area contributed by atoms with Gasteiger partial charge in [-0.15, -0.1) is 0 Å². The summed E-state index contributed by atoms with van der Waals surface area (Å²) in [7, 11) is -3.45. The summed E-state index contributed by atoms with van der Waals surface area (Å²) in [6, 6.07) is -0.0741. The maximum absolute atomic E-state index is 13.1. The number of hydrogen-bond acceptors (Lipinski definition) is 3. The summed E-state index contributed by atoms with van der Waals surface area (Å²) in [5.41, 5.74) is -0.0829. The van der Waals surface area contributed by atoms with Crippen molar-refractivity contribution in [2.45, 2.75) is 66.3 Å². The molecule has 5 heteroatoms. The molecule has 3 aliphatic carbocycles. The second-order valence-corrected chi connectivity index (χ2v) is 11.9. The number of sulfonamides is 1. The fraction of sp³-hybridized carbons (Fsp3) is 0.944. The van der Waals surface area contributed by atoms with Crippen LogP contribution in [0.5, 0.6) is 0 Å². The molecule has 4 fully saturated rings. The average molecular weight is 340 g/mol. The van der Waals surface area contributed by atoms with E-state index in [0.717, 1.165) is 25.7 Å². The van der Waals surface area contributed by atoms with Crippen LogP contribution in [0.4, 0.5) is 0 Å². The molecule has 23 heavy (non-hydrogen) atoms. The third kappa shape index (κ3) is 1.83. The summed E-state index contributed by atoms with van der Waals surface area (Å²) < 4.78 is 27.1. The molecule has 4 rings (SSSR count). The van der Waals surface area contributed by atoms with E-state index in [1.165, 1.54) is 4.31 Å². The lowest BCUT2D eigenvalue weighted by Crippen LogP contribution is -2.45. The van der Waals surface area contributed by atoms with Crippen molar-refractivity contribution in [3.8, 4) is 0 Å². The van der Waals surface area contributed by atoms with Crippen LogP contribution in [0, 0.1) is 34.0 Å². The van der Waals surface area contributed by atoms with Crippen molar-refractivity contribution in [2.24, 2.45) is 34.0 Å². The molecule has 4 nitrogen and oxygen atoms in total. The van der Waals surface area contributed by atoms with Crippen molar-refractivity contribution in [1.82, 2.24) is 4.31 Å². The van der Waals surface area contributed by atoms with Crippen LogP contribution in [0.15, 0.2) is 0 Å². The van der Waals surface area contributed by atoms with Gasteiger partial charge in [-0.05, 0) is 48.3 Å². The van der Waals surface area contributed by atoms with Gasteiger partial charge in [0.2, 0.25) is 15.9 Å². The molecule has 5 atom stereocenters. The lowest BCUT2D eigenvalue weighted by molar-refractivity contribution is -0.131. The van der Waals surface area contributed by atoms with E-state index >= 15 is 0 Å². The molecule has 1 heterocycles. The first-order chi connectivity index (χ1) is 10.4. The van der Waals surface area contributed by atoms with E-state index in [9.17, 15) is 13.2 Å². The van der Waals surface area contributed by atoms with E-state index in [-0.39, 0.29) is 39.9 Å². The van der Waals surface area contributed by atoms with Crippen LogP contribution < -0.4 is 0 Å². The Bertz CT molecular complexity index is 675.